The van der Waals surface area contributed by atoms with Crippen molar-refractivity contribution in [1.82, 2.24) is 19.7 Å². The summed E-state index contributed by atoms with van der Waals surface area (Å²) >= 11 is 0. The molecule has 1 aromatic heterocycles. The first-order valence-electron chi connectivity index (χ1n) is 6.14. The summed E-state index contributed by atoms with van der Waals surface area (Å²) in [4.78, 5) is 30.5. The number of hydroxylamine groups is 2. The summed E-state index contributed by atoms with van der Waals surface area (Å²) in [5.41, 5.74) is 1.23. The fourth-order valence-electron chi connectivity index (χ4n) is 2.77. The Kier molecular flexibility index (Phi) is 2.75. The van der Waals surface area contributed by atoms with Crippen LogP contribution in [0.4, 0.5) is 4.79 Å². The van der Waals surface area contributed by atoms with Gasteiger partial charge >= 0.3 is 12.0 Å². The van der Waals surface area contributed by atoms with E-state index in [1.54, 1.807) is 13.2 Å². The van der Waals surface area contributed by atoms with Crippen molar-refractivity contribution in [2.45, 2.75) is 12.1 Å². The van der Waals surface area contributed by atoms with E-state index in [1.165, 1.54) is 20.7 Å². The quantitative estimate of drug-likeness (QED) is 0.808. The van der Waals surface area contributed by atoms with E-state index in [4.69, 9.17) is 4.84 Å². The van der Waals surface area contributed by atoms with Crippen molar-refractivity contribution in [2.24, 2.45) is 7.05 Å². The Bertz CT molecular complexity index is 596. The SMILES string of the molecule is C=CCON1C(=O)N2C[C@@H]1c1cnn(C)c1C2C(=O)O. The predicted octanol–water partition coefficient (Wildman–Crippen LogP) is 0.456. The number of carboxylic acid groups (broad SMARTS) is 1. The molecule has 2 atom stereocenters. The second-order valence-electron chi connectivity index (χ2n) is 4.71. The molecule has 2 amide bonds. The van der Waals surface area contributed by atoms with Crippen LogP contribution in [0.25, 0.3) is 0 Å². The number of aromatic nitrogens is 2. The lowest BCUT2D eigenvalue weighted by atomic mass is 9.98. The summed E-state index contributed by atoms with van der Waals surface area (Å²) in [5, 5.41) is 14.7. The molecule has 106 valence electrons. The highest BCUT2D eigenvalue weighted by molar-refractivity contribution is 5.86. The maximum atomic E-state index is 12.3. The summed E-state index contributed by atoms with van der Waals surface area (Å²) in [6.07, 6.45) is 3.12. The highest BCUT2D eigenvalue weighted by atomic mass is 16.7. The molecule has 2 aliphatic rings. The van der Waals surface area contributed by atoms with Crippen LogP contribution in [-0.4, -0.2) is 50.0 Å². The lowest BCUT2D eigenvalue weighted by Gasteiger charge is -2.27. The topological polar surface area (TPSA) is 87.9 Å². The minimum Gasteiger partial charge on any atom is -0.479 e. The molecule has 3 rings (SSSR count). The van der Waals surface area contributed by atoms with Crippen LogP contribution in [0.15, 0.2) is 18.9 Å². The largest absolute Gasteiger partial charge is 0.479 e. The van der Waals surface area contributed by atoms with Gasteiger partial charge in [-0.05, 0) is 0 Å². The highest BCUT2D eigenvalue weighted by Crippen LogP contribution is 2.43. The summed E-state index contributed by atoms with van der Waals surface area (Å²) < 4.78 is 1.50. The molecule has 2 aliphatic heterocycles. The standard InChI is InChI=1S/C12H14N4O4/c1-3-4-20-16-8-6-15(12(16)19)10(11(17)18)9-7(8)5-13-14(9)2/h3,5,8,10H,1,4,6H2,2H3,(H,17,18)/t8-,10?/m1/s1. The van der Waals surface area contributed by atoms with Gasteiger partial charge in [-0.15, -0.1) is 6.58 Å². The zero-order valence-corrected chi connectivity index (χ0v) is 10.9. The second kappa shape index (κ2) is 4.34. The second-order valence-corrected chi connectivity index (χ2v) is 4.71. The van der Waals surface area contributed by atoms with Gasteiger partial charge in [-0.1, -0.05) is 6.08 Å². The van der Waals surface area contributed by atoms with Crippen molar-refractivity contribution in [3.05, 3.63) is 30.1 Å². The van der Waals surface area contributed by atoms with Gasteiger partial charge in [0.25, 0.3) is 0 Å². The number of hydrogen-bond donors (Lipinski definition) is 1. The number of carboxylic acids is 1. The molecule has 1 aromatic rings. The molecule has 1 fully saturated rings. The van der Waals surface area contributed by atoms with Crippen LogP contribution in [0.5, 0.6) is 0 Å². The first-order chi connectivity index (χ1) is 9.56. The lowest BCUT2D eigenvalue weighted by molar-refractivity contribution is -0.142. The van der Waals surface area contributed by atoms with Gasteiger partial charge in [-0.25, -0.2) is 9.59 Å². The maximum Gasteiger partial charge on any atom is 0.345 e. The molecule has 3 heterocycles. The van der Waals surface area contributed by atoms with Crippen LogP contribution >= 0.6 is 0 Å². The number of hydrogen-bond acceptors (Lipinski definition) is 4. The third-order valence-electron chi connectivity index (χ3n) is 3.60. The van der Waals surface area contributed by atoms with Crippen molar-refractivity contribution in [1.29, 1.82) is 0 Å². The average Bonchev–Trinajstić information content (AvgIpc) is 2.91. The van der Waals surface area contributed by atoms with Crippen molar-refractivity contribution >= 4 is 12.0 Å². The third-order valence-corrected chi connectivity index (χ3v) is 3.60. The van der Waals surface area contributed by atoms with Gasteiger partial charge in [0.05, 0.1) is 25.0 Å². The molecule has 0 spiro atoms. The molecule has 1 unspecified atom stereocenters. The summed E-state index contributed by atoms with van der Waals surface area (Å²) in [6, 6.07) is -1.80. The van der Waals surface area contributed by atoms with Gasteiger partial charge in [0, 0.05) is 12.6 Å². The zero-order valence-electron chi connectivity index (χ0n) is 10.9. The number of fused-ring (bicyclic) bond motifs is 4. The summed E-state index contributed by atoms with van der Waals surface area (Å²) in [5.74, 6) is -1.08. The monoisotopic (exact) mass is 278 g/mol. The van der Waals surface area contributed by atoms with Crippen molar-refractivity contribution in [3.63, 3.8) is 0 Å². The molecular weight excluding hydrogens is 264 g/mol. The van der Waals surface area contributed by atoms with E-state index in [0.717, 1.165) is 0 Å². The molecule has 8 nitrogen and oxygen atoms in total. The normalized spacial score (nSPS) is 23.9. The van der Waals surface area contributed by atoms with E-state index >= 15 is 0 Å². The van der Waals surface area contributed by atoms with E-state index < -0.39 is 18.0 Å². The molecule has 0 radical (unpaired) electrons. The number of nitrogens with zero attached hydrogens (tertiary/aromatic N) is 4. The van der Waals surface area contributed by atoms with Crippen molar-refractivity contribution in [2.75, 3.05) is 13.2 Å². The number of carbonyl (C=O) groups is 2. The van der Waals surface area contributed by atoms with Crippen LogP contribution in [-0.2, 0) is 16.7 Å². The average molecular weight is 278 g/mol. The fourth-order valence-corrected chi connectivity index (χ4v) is 2.77. The van der Waals surface area contributed by atoms with Crippen molar-refractivity contribution in [3.8, 4) is 0 Å². The Labute approximate surface area is 114 Å². The van der Waals surface area contributed by atoms with E-state index in [1.807, 2.05) is 0 Å². The number of aryl methyl sites for hydroxylation is 1. The first-order valence-corrected chi connectivity index (χ1v) is 6.14. The number of urea groups is 1. The van der Waals surface area contributed by atoms with Crippen LogP contribution in [0.1, 0.15) is 23.3 Å². The third kappa shape index (κ3) is 1.54. The molecule has 1 N–H and O–H groups in total. The molecule has 0 saturated carbocycles. The van der Waals surface area contributed by atoms with Crippen LogP contribution in [0, 0.1) is 0 Å². The van der Waals surface area contributed by atoms with Gasteiger partial charge in [0.2, 0.25) is 0 Å². The van der Waals surface area contributed by atoms with E-state index in [-0.39, 0.29) is 19.2 Å². The Morgan fingerprint density at radius 3 is 3.10 bits per heavy atom. The highest BCUT2D eigenvalue weighted by Gasteiger charge is 2.52. The minimum atomic E-state index is -1.08. The number of carbonyl (C=O) groups excluding carboxylic acids is 1. The Morgan fingerprint density at radius 2 is 2.45 bits per heavy atom. The Hall–Kier alpha value is -2.35. The van der Waals surface area contributed by atoms with Gasteiger partial charge < -0.3 is 10.0 Å². The summed E-state index contributed by atoms with van der Waals surface area (Å²) in [7, 11) is 1.67. The van der Waals surface area contributed by atoms with Gasteiger partial charge in [-0.3, -0.25) is 9.52 Å². The number of rotatable bonds is 4. The maximum absolute atomic E-state index is 12.3. The Morgan fingerprint density at radius 1 is 1.70 bits per heavy atom. The fraction of sp³-hybridized carbons (Fsp3) is 0.417. The zero-order chi connectivity index (χ0) is 14.4. The number of aliphatic carboxylic acids is 1. The smallest absolute Gasteiger partial charge is 0.345 e. The molecule has 2 bridgehead atoms. The first kappa shape index (κ1) is 12.7. The molecule has 8 heteroatoms. The predicted molar refractivity (Wildman–Crippen MR) is 66.4 cm³/mol. The van der Waals surface area contributed by atoms with E-state index in [2.05, 4.69) is 11.7 Å². The van der Waals surface area contributed by atoms with Crippen LogP contribution in [0.3, 0.4) is 0 Å². The van der Waals surface area contributed by atoms with Gasteiger partial charge in [0.1, 0.15) is 6.04 Å². The van der Waals surface area contributed by atoms with Gasteiger partial charge in [0.15, 0.2) is 6.04 Å². The molecule has 0 aromatic carbocycles. The van der Waals surface area contributed by atoms with E-state index in [9.17, 15) is 14.7 Å². The van der Waals surface area contributed by atoms with Crippen LogP contribution < -0.4 is 0 Å². The van der Waals surface area contributed by atoms with E-state index in [0.29, 0.717) is 11.3 Å². The summed E-state index contributed by atoms with van der Waals surface area (Å²) in [6.45, 7) is 4.00. The molecule has 1 saturated heterocycles. The Balaban J connectivity index is 2.06. The lowest BCUT2D eigenvalue weighted by Crippen LogP contribution is -2.39. The van der Waals surface area contributed by atoms with Crippen LogP contribution in [0.2, 0.25) is 0 Å². The molecule has 0 aliphatic carbocycles. The number of amides is 2. The molecule has 20 heavy (non-hydrogen) atoms. The van der Waals surface area contributed by atoms with Crippen molar-refractivity contribution < 1.29 is 19.5 Å². The van der Waals surface area contributed by atoms with Gasteiger partial charge in [-0.2, -0.15) is 10.2 Å². The molecular formula is C12H14N4O4. The minimum absolute atomic E-state index is 0.184.